The van der Waals surface area contributed by atoms with Gasteiger partial charge in [0.25, 0.3) is 12.2 Å². The Morgan fingerprint density at radius 3 is 1.08 bits per heavy atom. The van der Waals surface area contributed by atoms with Gasteiger partial charge < -0.3 is 13.8 Å². The molecule has 0 spiro atoms. The molecule has 0 atom stereocenters. The average molecular weight is 222 g/mol. The molecule has 0 aliphatic carbocycles. The number of rotatable bonds is 2. The molecule has 0 amide bonds. The minimum atomic E-state index is -1.65. The zero-order chi connectivity index (χ0) is 9.98. The first-order valence-corrected chi connectivity index (χ1v) is 3.15. The predicted molar refractivity (Wildman–Crippen MR) is 46.3 cm³/mol. The van der Waals surface area contributed by atoms with Crippen LogP contribution < -0.4 is 0 Å². The maximum absolute atomic E-state index is 10.9. The molecule has 72 valence electrons. The van der Waals surface area contributed by atoms with Crippen LogP contribution in [0.3, 0.4) is 0 Å². The molecule has 0 saturated carbocycles. The van der Waals surface area contributed by atoms with E-state index in [4.69, 9.17) is 0 Å². The molecule has 13 heavy (non-hydrogen) atoms. The summed E-state index contributed by atoms with van der Waals surface area (Å²) in [6, 6.07) is 0. The van der Waals surface area contributed by atoms with E-state index in [-0.39, 0.29) is 50.6 Å². The maximum Gasteiger partial charge on any atom is 2.00 e. The molecular formula is C8H10CaF4. The molecule has 0 aromatic heterocycles. The summed E-state index contributed by atoms with van der Waals surface area (Å²) in [5.74, 6) is 0. The van der Waals surface area contributed by atoms with Gasteiger partial charge in [0.2, 0.25) is 0 Å². The zero-order valence-corrected chi connectivity index (χ0v) is 9.41. The SMILES string of the molecule is [CH2-]CC=C(F)F.[CH2-]CC=C(F)F.[Ca+2]. The summed E-state index contributed by atoms with van der Waals surface area (Å²) < 4.78 is 43.4. The van der Waals surface area contributed by atoms with Crippen molar-refractivity contribution in [3.05, 3.63) is 38.2 Å². The van der Waals surface area contributed by atoms with Gasteiger partial charge in [-0.3, -0.25) is 0 Å². The monoisotopic (exact) mass is 222 g/mol. The fraction of sp³-hybridized carbons (Fsp3) is 0.250. The van der Waals surface area contributed by atoms with Gasteiger partial charge in [-0.05, 0) is 12.2 Å². The van der Waals surface area contributed by atoms with Crippen LogP contribution in [0.1, 0.15) is 12.8 Å². The van der Waals surface area contributed by atoms with Crippen LogP contribution in [-0.2, 0) is 0 Å². The molecule has 0 nitrogen and oxygen atoms in total. The van der Waals surface area contributed by atoms with Crippen molar-refractivity contribution in [1.29, 1.82) is 0 Å². The van der Waals surface area contributed by atoms with E-state index in [1.807, 2.05) is 0 Å². The molecule has 0 rings (SSSR count). The molecule has 0 unspecified atom stereocenters. The van der Waals surface area contributed by atoms with Gasteiger partial charge in [-0.2, -0.15) is 30.4 Å². The Balaban J connectivity index is -0.000000143. The van der Waals surface area contributed by atoms with Crippen LogP contribution >= 0.6 is 0 Å². The summed E-state index contributed by atoms with van der Waals surface area (Å²) in [7, 11) is 0. The molecule has 0 bridgehead atoms. The van der Waals surface area contributed by atoms with E-state index in [2.05, 4.69) is 13.8 Å². The van der Waals surface area contributed by atoms with E-state index >= 15 is 0 Å². The van der Waals surface area contributed by atoms with E-state index in [0.29, 0.717) is 0 Å². The van der Waals surface area contributed by atoms with Crippen molar-refractivity contribution in [3.63, 3.8) is 0 Å². The van der Waals surface area contributed by atoms with Crippen molar-refractivity contribution >= 4 is 37.7 Å². The minimum absolute atomic E-state index is 0. The third kappa shape index (κ3) is 32.7. The van der Waals surface area contributed by atoms with E-state index in [9.17, 15) is 17.6 Å². The number of hydrogen-bond donors (Lipinski definition) is 0. The maximum atomic E-state index is 10.9. The molecule has 0 radical (unpaired) electrons. The van der Waals surface area contributed by atoms with Crippen LogP contribution in [0.25, 0.3) is 0 Å². The molecule has 0 aromatic rings. The smallest absolute Gasteiger partial charge is 0.339 e. The van der Waals surface area contributed by atoms with Crippen molar-refractivity contribution in [2.24, 2.45) is 0 Å². The molecule has 0 fully saturated rings. The molecule has 0 saturated heterocycles. The van der Waals surface area contributed by atoms with E-state index in [0.717, 1.165) is 12.2 Å². The van der Waals surface area contributed by atoms with Crippen LogP contribution in [0, 0.1) is 13.8 Å². The van der Waals surface area contributed by atoms with Crippen molar-refractivity contribution in [2.45, 2.75) is 12.8 Å². The first-order chi connectivity index (χ1) is 5.54. The van der Waals surface area contributed by atoms with Gasteiger partial charge in [-0.1, -0.05) is 0 Å². The van der Waals surface area contributed by atoms with Crippen LogP contribution in [0.5, 0.6) is 0 Å². The van der Waals surface area contributed by atoms with Gasteiger partial charge >= 0.3 is 37.7 Å². The fourth-order valence-electron chi connectivity index (χ4n) is 0.218. The third-order valence-corrected chi connectivity index (χ3v) is 0.597. The molecule has 0 N–H and O–H groups in total. The summed E-state index contributed by atoms with van der Waals surface area (Å²) in [5, 5.41) is 0. The number of halogens is 4. The van der Waals surface area contributed by atoms with Crippen LogP contribution in [0.15, 0.2) is 24.3 Å². The molecule has 5 heteroatoms. The summed E-state index contributed by atoms with van der Waals surface area (Å²) in [5.41, 5.74) is 0. The van der Waals surface area contributed by atoms with E-state index in [1.54, 1.807) is 0 Å². The Morgan fingerprint density at radius 1 is 0.846 bits per heavy atom. The zero-order valence-electron chi connectivity index (χ0n) is 7.20. The average Bonchev–Trinajstić information content (AvgIpc) is 1.87. The minimum Gasteiger partial charge on any atom is -0.339 e. The van der Waals surface area contributed by atoms with Gasteiger partial charge in [-0.15, -0.1) is 0 Å². The second-order valence-electron chi connectivity index (χ2n) is 1.56. The Bertz CT molecular complexity index is 128. The Kier molecular flexibility index (Phi) is 22.0. The first kappa shape index (κ1) is 19.1. The van der Waals surface area contributed by atoms with E-state index < -0.39 is 12.2 Å². The van der Waals surface area contributed by atoms with Crippen LogP contribution in [0.4, 0.5) is 17.6 Å². The summed E-state index contributed by atoms with van der Waals surface area (Å²) in [4.78, 5) is 0. The largest absolute Gasteiger partial charge is 2.00 e. The topological polar surface area (TPSA) is 0 Å². The summed E-state index contributed by atoms with van der Waals surface area (Å²) in [6.45, 7) is 6.34. The van der Waals surface area contributed by atoms with Crippen molar-refractivity contribution in [3.8, 4) is 0 Å². The second-order valence-corrected chi connectivity index (χ2v) is 1.56. The van der Waals surface area contributed by atoms with Gasteiger partial charge in [0.1, 0.15) is 0 Å². The Hall–Kier alpha value is 0.460. The van der Waals surface area contributed by atoms with Crippen molar-refractivity contribution in [1.82, 2.24) is 0 Å². The molecule has 0 aromatic carbocycles. The predicted octanol–water partition coefficient (Wildman–Crippen LogP) is 3.60. The standard InChI is InChI=1S/2C4H5F2.Ca/c2*1-2-3-4(5)6;/h2*3H,1-2H2;/q2*-1;+2. The fourth-order valence-corrected chi connectivity index (χ4v) is 0.218. The van der Waals surface area contributed by atoms with Crippen LogP contribution in [-0.4, -0.2) is 37.7 Å². The van der Waals surface area contributed by atoms with Crippen LogP contribution in [0.2, 0.25) is 0 Å². The van der Waals surface area contributed by atoms with Crippen molar-refractivity contribution in [2.75, 3.05) is 0 Å². The molecule has 0 aliphatic rings. The van der Waals surface area contributed by atoms with Gasteiger partial charge in [0.15, 0.2) is 0 Å². The Morgan fingerprint density at radius 2 is 1.08 bits per heavy atom. The summed E-state index contributed by atoms with van der Waals surface area (Å²) >= 11 is 0. The van der Waals surface area contributed by atoms with Crippen molar-refractivity contribution < 1.29 is 17.6 Å². The Labute approximate surface area is 106 Å². The quantitative estimate of drug-likeness (QED) is 0.380. The van der Waals surface area contributed by atoms with Gasteiger partial charge in [0, 0.05) is 0 Å². The summed E-state index contributed by atoms with van der Waals surface area (Å²) in [6.07, 6.45) is -1.43. The molecule has 0 heterocycles. The van der Waals surface area contributed by atoms with Gasteiger partial charge in [0.05, 0.1) is 0 Å². The molecular weight excluding hydrogens is 212 g/mol. The normalized spacial score (nSPS) is 7.23. The second kappa shape index (κ2) is 15.0. The number of hydrogen-bond acceptors (Lipinski definition) is 0. The van der Waals surface area contributed by atoms with Gasteiger partial charge in [-0.25, -0.2) is 0 Å². The first-order valence-electron chi connectivity index (χ1n) is 3.15. The van der Waals surface area contributed by atoms with E-state index in [1.165, 1.54) is 0 Å². The molecule has 0 aliphatic heterocycles. The third-order valence-electron chi connectivity index (χ3n) is 0.597. The number of allylic oxidation sites excluding steroid dienone is 2.